The van der Waals surface area contributed by atoms with Crippen LogP contribution in [-0.4, -0.2) is 26.4 Å². The van der Waals surface area contributed by atoms with Crippen molar-refractivity contribution in [2.75, 3.05) is 0 Å². The van der Waals surface area contributed by atoms with Crippen LogP contribution in [0.3, 0.4) is 0 Å². The predicted molar refractivity (Wildman–Crippen MR) is 100 cm³/mol. The van der Waals surface area contributed by atoms with Crippen LogP contribution in [-0.2, 0) is 4.79 Å². The fourth-order valence-corrected chi connectivity index (χ4v) is 3.50. The van der Waals surface area contributed by atoms with Crippen molar-refractivity contribution in [1.82, 2.24) is 9.47 Å². The van der Waals surface area contributed by atoms with Crippen LogP contribution in [0, 0.1) is 5.41 Å². The van der Waals surface area contributed by atoms with E-state index in [-0.39, 0.29) is 17.3 Å². The molecule has 0 bridgehead atoms. The number of carbonyl (C=O) groups is 1. The van der Waals surface area contributed by atoms with Gasteiger partial charge in [0, 0.05) is 28.3 Å². The molecular weight excluding hydrogens is 388 g/mol. The van der Waals surface area contributed by atoms with Crippen LogP contribution < -0.4 is 0 Å². The highest BCUT2D eigenvalue weighted by atomic mass is 79.9. The third-order valence-corrected chi connectivity index (χ3v) is 4.98. The zero-order valence-electron chi connectivity index (χ0n) is 12.3. The first kappa shape index (κ1) is 15.2. The summed E-state index contributed by atoms with van der Waals surface area (Å²) >= 11 is 4.77. The van der Waals surface area contributed by atoms with Crippen molar-refractivity contribution < 1.29 is 4.79 Å². The zero-order valence-corrected chi connectivity index (χ0v) is 14.7. The van der Waals surface area contributed by atoms with Crippen LogP contribution in [0.5, 0.6) is 0 Å². The summed E-state index contributed by atoms with van der Waals surface area (Å²) in [6.07, 6.45) is 5.39. The molecule has 0 fully saturated rings. The van der Waals surface area contributed by atoms with Crippen molar-refractivity contribution in [3.8, 4) is 5.69 Å². The number of rotatable bonds is 2. The Hall–Kier alpha value is -2.38. The number of thioether (sulfide) groups is 1. The van der Waals surface area contributed by atoms with E-state index in [1.54, 1.807) is 17.2 Å². The Morgan fingerprint density at radius 2 is 2.00 bits per heavy atom. The Bertz CT molecular complexity index is 940. The lowest BCUT2D eigenvalue weighted by Gasteiger charge is -2.22. The van der Waals surface area contributed by atoms with Gasteiger partial charge in [0.2, 0.25) is 0 Å². The van der Waals surface area contributed by atoms with Gasteiger partial charge in [-0.25, -0.2) is 0 Å². The van der Waals surface area contributed by atoms with E-state index >= 15 is 0 Å². The highest BCUT2D eigenvalue weighted by molar-refractivity contribution is 9.10. The Labute approximate surface area is 151 Å². The van der Waals surface area contributed by atoms with E-state index < -0.39 is 0 Å². The van der Waals surface area contributed by atoms with Gasteiger partial charge >= 0.3 is 0 Å². The number of fused-ring (bicyclic) bond motifs is 1. The molecule has 0 radical (unpaired) electrons. The zero-order chi connectivity index (χ0) is 16.7. The fraction of sp³-hybridized carbons (Fsp3) is 0. The molecule has 118 valence electrons. The molecule has 1 aromatic heterocycles. The second kappa shape index (κ2) is 5.92. The average molecular weight is 399 g/mol. The lowest BCUT2D eigenvalue weighted by atomic mass is 10.1. The lowest BCUT2D eigenvalue weighted by molar-refractivity contribution is -0.114. The van der Waals surface area contributed by atoms with Gasteiger partial charge in [0.1, 0.15) is 5.84 Å². The third-order valence-electron chi connectivity index (χ3n) is 3.69. The topological polar surface area (TPSA) is 61.5 Å². The van der Waals surface area contributed by atoms with E-state index in [4.69, 9.17) is 5.41 Å². The minimum Gasteiger partial charge on any atom is -0.317 e. The molecule has 2 aliphatic rings. The number of carbonyl (C=O) groups excluding carboxylic acids is 1. The van der Waals surface area contributed by atoms with Crippen molar-refractivity contribution in [3.63, 3.8) is 0 Å². The number of aliphatic imine (C=N–C) groups is 1. The van der Waals surface area contributed by atoms with Crippen LogP contribution >= 0.6 is 27.7 Å². The summed E-state index contributed by atoms with van der Waals surface area (Å²) in [5.74, 6) is -0.235. The number of hydrogen-bond donors (Lipinski definition) is 1. The van der Waals surface area contributed by atoms with Crippen molar-refractivity contribution in [1.29, 1.82) is 5.41 Å². The second-order valence-corrected chi connectivity index (χ2v) is 6.95. The van der Waals surface area contributed by atoms with Gasteiger partial charge in [-0.1, -0.05) is 27.7 Å². The lowest BCUT2D eigenvalue weighted by Crippen LogP contribution is -2.35. The predicted octanol–water partition coefficient (Wildman–Crippen LogP) is 4.02. The molecule has 1 N–H and O–H groups in total. The van der Waals surface area contributed by atoms with Crippen molar-refractivity contribution in [2.45, 2.75) is 0 Å². The highest BCUT2D eigenvalue weighted by Crippen LogP contribution is 2.27. The maximum absolute atomic E-state index is 12.3. The third kappa shape index (κ3) is 2.55. The first-order chi connectivity index (χ1) is 11.6. The molecule has 0 aliphatic carbocycles. The van der Waals surface area contributed by atoms with Crippen molar-refractivity contribution >= 4 is 50.7 Å². The van der Waals surface area contributed by atoms with Crippen LogP contribution in [0.1, 0.15) is 5.69 Å². The quantitative estimate of drug-likeness (QED) is 0.777. The summed E-state index contributed by atoms with van der Waals surface area (Å²) < 4.78 is 2.97. The van der Waals surface area contributed by atoms with E-state index in [9.17, 15) is 4.79 Å². The normalized spacial score (nSPS) is 18.3. The van der Waals surface area contributed by atoms with E-state index in [1.165, 1.54) is 11.8 Å². The van der Waals surface area contributed by atoms with Crippen LogP contribution in [0.25, 0.3) is 11.8 Å². The maximum Gasteiger partial charge on any atom is 0.283 e. The number of aromatic nitrogens is 1. The van der Waals surface area contributed by atoms with Gasteiger partial charge in [0.25, 0.3) is 5.91 Å². The Morgan fingerprint density at radius 1 is 1.21 bits per heavy atom. The minimum atomic E-state index is -0.383. The number of halogens is 1. The molecule has 1 aromatic carbocycles. The van der Waals surface area contributed by atoms with Gasteiger partial charge in [-0.15, -0.1) is 0 Å². The van der Waals surface area contributed by atoms with Gasteiger partial charge in [-0.05, 0) is 47.9 Å². The van der Waals surface area contributed by atoms with E-state index in [0.717, 1.165) is 15.9 Å². The highest BCUT2D eigenvalue weighted by Gasteiger charge is 2.31. The molecule has 5 nitrogen and oxygen atoms in total. The molecule has 7 heteroatoms. The molecule has 0 saturated carbocycles. The smallest absolute Gasteiger partial charge is 0.283 e. The number of amides is 1. The van der Waals surface area contributed by atoms with Crippen molar-refractivity contribution in [2.24, 2.45) is 4.99 Å². The summed E-state index contributed by atoms with van der Waals surface area (Å²) in [6.45, 7) is 0. The van der Waals surface area contributed by atoms with Crippen LogP contribution in [0.15, 0.2) is 69.2 Å². The monoisotopic (exact) mass is 398 g/mol. The van der Waals surface area contributed by atoms with Gasteiger partial charge in [0.15, 0.2) is 5.17 Å². The number of hydrogen-bond acceptors (Lipinski definition) is 3. The van der Waals surface area contributed by atoms with E-state index in [1.807, 2.05) is 52.6 Å². The van der Waals surface area contributed by atoms with E-state index in [0.29, 0.717) is 5.17 Å². The Balaban J connectivity index is 1.76. The molecule has 0 spiro atoms. The SMILES string of the molecule is N=C1C(=Cc2cccn2-c2ccc(Br)cc2)C(=O)N=C2SC=CN12. The van der Waals surface area contributed by atoms with Crippen molar-refractivity contribution in [3.05, 3.63) is 69.9 Å². The molecule has 24 heavy (non-hydrogen) atoms. The molecule has 3 heterocycles. The number of benzene rings is 1. The first-order valence-electron chi connectivity index (χ1n) is 7.13. The summed E-state index contributed by atoms with van der Waals surface area (Å²) in [5.41, 5.74) is 2.08. The average Bonchev–Trinajstić information content (AvgIpc) is 3.21. The Morgan fingerprint density at radius 3 is 2.79 bits per heavy atom. The van der Waals surface area contributed by atoms with Gasteiger partial charge in [-0.3, -0.25) is 15.1 Å². The molecule has 2 aromatic rings. The largest absolute Gasteiger partial charge is 0.317 e. The summed E-state index contributed by atoms with van der Waals surface area (Å²) in [5, 5.41) is 10.6. The second-order valence-electron chi connectivity index (χ2n) is 5.16. The molecule has 0 unspecified atom stereocenters. The first-order valence-corrected chi connectivity index (χ1v) is 8.80. The maximum atomic E-state index is 12.3. The molecule has 1 amide bonds. The number of nitrogens with zero attached hydrogens (tertiary/aromatic N) is 3. The van der Waals surface area contributed by atoms with Crippen LogP contribution in [0.2, 0.25) is 0 Å². The molecule has 0 atom stereocenters. The standard InChI is InChI=1S/C17H11BrN4OS/c18-11-3-5-12(6-4-11)21-7-1-2-13(21)10-14-15(19)22-8-9-24-17(22)20-16(14)23/h1-10,19H. The summed E-state index contributed by atoms with van der Waals surface area (Å²) in [4.78, 5) is 18.0. The van der Waals surface area contributed by atoms with Gasteiger partial charge in [-0.2, -0.15) is 4.99 Å². The Kier molecular flexibility index (Phi) is 3.74. The fourth-order valence-electron chi connectivity index (χ4n) is 2.53. The molecule has 2 aliphatic heterocycles. The minimum absolute atomic E-state index is 0.148. The van der Waals surface area contributed by atoms with Gasteiger partial charge < -0.3 is 4.57 Å². The summed E-state index contributed by atoms with van der Waals surface area (Å²) in [7, 11) is 0. The molecular formula is C17H11BrN4OS. The number of amidine groups is 2. The molecule has 4 rings (SSSR count). The number of nitrogens with one attached hydrogen (secondary N) is 1. The molecule has 0 saturated heterocycles. The van der Waals surface area contributed by atoms with Crippen LogP contribution in [0.4, 0.5) is 0 Å². The van der Waals surface area contributed by atoms with Gasteiger partial charge in [0.05, 0.1) is 5.57 Å². The van der Waals surface area contributed by atoms with E-state index in [2.05, 4.69) is 20.9 Å². The summed E-state index contributed by atoms with van der Waals surface area (Å²) in [6, 6.07) is 11.7.